The number of halogens is 2. The molecule has 0 aliphatic carbocycles. The van der Waals surface area contributed by atoms with Crippen LogP contribution in [0.4, 0.5) is 21.9 Å². The number of urea groups is 1. The van der Waals surface area contributed by atoms with Crippen molar-refractivity contribution >= 4 is 55.0 Å². The number of nitrogens with zero attached hydrogens (tertiary/aromatic N) is 1. The quantitative estimate of drug-likeness (QED) is 0.645. The van der Waals surface area contributed by atoms with Gasteiger partial charge in [0.25, 0.3) is 0 Å². The molecule has 0 heterocycles. The number of rotatable bonds is 2. The van der Waals surface area contributed by atoms with E-state index in [1.54, 1.807) is 36.4 Å². The minimum Gasteiger partial charge on any atom is -0.397 e. The zero-order valence-corrected chi connectivity index (χ0v) is 13.8. The third-order valence-corrected chi connectivity index (χ3v) is 3.68. The van der Waals surface area contributed by atoms with Gasteiger partial charge >= 0.3 is 6.03 Å². The number of nitrogens with two attached hydrogens (primary N) is 1. The molecular formula is C14H10Br2N4O. The first-order chi connectivity index (χ1) is 9.99. The van der Waals surface area contributed by atoms with Crippen molar-refractivity contribution in [1.82, 2.24) is 0 Å². The Balaban J connectivity index is 2.10. The lowest BCUT2D eigenvalue weighted by Crippen LogP contribution is -2.20. The van der Waals surface area contributed by atoms with E-state index in [4.69, 9.17) is 11.0 Å². The van der Waals surface area contributed by atoms with Crippen LogP contribution in [0.2, 0.25) is 0 Å². The molecule has 0 aliphatic heterocycles. The van der Waals surface area contributed by atoms with E-state index in [2.05, 4.69) is 42.5 Å². The monoisotopic (exact) mass is 408 g/mol. The Hall–Kier alpha value is -2.04. The first-order valence-electron chi connectivity index (χ1n) is 5.82. The van der Waals surface area contributed by atoms with Crippen LogP contribution >= 0.6 is 31.9 Å². The predicted octanol–water partition coefficient (Wildman–Crippen LogP) is 4.31. The zero-order valence-electron chi connectivity index (χ0n) is 10.7. The van der Waals surface area contributed by atoms with Gasteiger partial charge in [0.05, 0.1) is 23.0 Å². The molecule has 0 saturated heterocycles. The Morgan fingerprint density at radius 1 is 1.14 bits per heavy atom. The average Bonchev–Trinajstić information content (AvgIpc) is 2.43. The van der Waals surface area contributed by atoms with Gasteiger partial charge < -0.3 is 16.4 Å². The molecule has 0 radical (unpaired) electrons. The second kappa shape index (κ2) is 6.61. The third kappa shape index (κ3) is 3.97. The van der Waals surface area contributed by atoms with E-state index in [1.165, 1.54) is 0 Å². The van der Waals surface area contributed by atoms with E-state index in [-0.39, 0.29) is 0 Å². The van der Waals surface area contributed by atoms with E-state index < -0.39 is 6.03 Å². The van der Waals surface area contributed by atoms with Crippen LogP contribution in [0.5, 0.6) is 0 Å². The molecule has 2 amide bonds. The van der Waals surface area contributed by atoms with Crippen molar-refractivity contribution in [2.24, 2.45) is 0 Å². The lowest BCUT2D eigenvalue weighted by molar-refractivity contribution is 0.262. The molecule has 0 saturated carbocycles. The molecule has 21 heavy (non-hydrogen) atoms. The molecule has 2 aromatic carbocycles. The van der Waals surface area contributed by atoms with Gasteiger partial charge in [0.1, 0.15) is 0 Å². The van der Waals surface area contributed by atoms with Crippen LogP contribution in [0.1, 0.15) is 5.56 Å². The first-order valence-corrected chi connectivity index (χ1v) is 7.41. The van der Waals surface area contributed by atoms with Crippen molar-refractivity contribution in [2.75, 3.05) is 16.4 Å². The van der Waals surface area contributed by atoms with Gasteiger partial charge in [-0.3, -0.25) is 0 Å². The van der Waals surface area contributed by atoms with Crippen LogP contribution in [-0.2, 0) is 0 Å². The molecular weight excluding hydrogens is 400 g/mol. The number of benzene rings is 2. The molecule has 0 aliphatic rings. The van der Waals surface area contributed by atoms with Gasteiger partial charge in [-0.15, -0.1) is 0 Å². The summed E-state index contributed by atoms with van der Waals surface area (Å²) in [6, 6.07) is 11.6. The fraction of sp³-hybridized carbons (Fsp3) is 0. The number of carbonyl (C=O) groups is 1. The van der Waals surface area contributed by atoms with E-state index in [1.807, 2.05) is 6.07 Å². The summed E-state index contributed by atoms with van der Waals surface area (Å²) in [6.45, 7) is 0. The molecule has 0 spiro atoms. The van der Waals surface area contributed by atoms with Crippen LogP contribution in [0.25, 0.3) is 0 Å². The van der Waals surface area contributed by atoms with Crippen LogP contribution in [0.3, 0.4) is 0 Å². The number of carbonyl (C=O) groups excluding carboxylic acids is 1. The number of nitrogens with one attached hydrogen (secondary N) is 2. The van der Waals surface area contributed by atoms with Gasteiger partial charge in [-0.2, -0.15) is 5.26 Å². The predicted molar refractivity (Wildman–Crippen MR) is 90.1 cm³/mol. The van der Waals surface area contributed by atoms with Crippen LogP contribution < -0.4 is 16.4 Å². The number of nitrogen functional groups attached to an aromatic ring is 1. The summed E-state index contributed by atoms with van der Waals surface area (Å²) in [5.41, 5.74) is 7.90. The summed E-state index contributed by atoms with van der Waals surface area (Å²) >= 11 is 6.66. The number of amides is 2. The lowest BCUT2D eigenvalue weighted by Gasteiger charge is -2.12. The highest BCUT2D eigenvalue weighted by Crippen LogP contribution is 2.32. The Morgan fingerprint density at radius 2 is 1.81 bits per heavy atom. The maximum atomic E-state index is 12.0. The smallest absolute Gasteiger partial charge is 0.323 e. The molecule has 5 nitrogen and oxygen atoms in total. The first kappa shape index (κ1) is 15.4. The third-order valence-electron chi connectivity index (χ3n) is 2.60. The van der Waals surface area contributed by atoms with E-state index in [9.17, 15) is 4.79 Å². The number of hydrogen-bond acceptors (Lipinski definition) is 3. The molecule has 0 bridgehead atoms. The van der Waals surface area contributed by atoms with E-state index >= 15 is 0 Å². The van der Waals surface area contributed by atoms with Gasteiger partial charge in [-0.25, -0.2) is 4.79 Å². The molecule has 2 rings (SSSR count). The largest absolute Gasteiger partial charge is 0.397 e. The minimum atomic E-state index is -0.422. The van der Waals surface area contributed by atoms with Crippen molar-refractivity contribution in [2.45, 2.75) is 0 Å². The van der Waals surface area contributed by atoms with Crippen LogP contribution in [0.15, 0.2) is 45.3 Å². The fourth-order valence-electron chi connectivity index (χ4n) is 1.63. The molecule has 7 heteroatoms. The summed E-state index contributed by atoms with van der Waals surface area (Å²) in [4.78, 5) is 12.0. The fourth-order valence-corrected chi connectivity index (χ4v) is 2.99. The van der Waals surface area contributed by atoms with Crippen molar-refractivity contribution in [3.63, 3.8) is 0 Å². The van der Waals surface area contributed by atoms with Crippen LogP contribution in [0, 0.1) is 11.3 Å². The molecule has 106 valence electrons. The molecule has 4 N–H and O–H groups in total. The molecule has 0 fully saturated rings. The van der Waals surface area contributed by atoms with Crippen molar-refractivity contribution in [3.8, 4) is 6.07 Å². The second-order valence-corrected chi connectivity index (χ2v) is 5.89. The zero-order chi connectivity index (χ0) is 15.4. The van der Waals surface area contributed by atoms with Gasteiger partial charge in [0.2, 0.25) is 0 Å². The van der Waals surface area contributed by atoms with Gasteiger partial charge in [-0.1, -0.05) is 15.9 Å². The Labute approximate surface area is 138 Å². The highest BCUT2D eigenvalue weighted by Gasteiger charge is 2.10. The van der Waals surface area contributed by atoms with E-state index in [0.717, 1.165) is 4.47 Å². The summed E-state index contributed by atoms with van der Waals surface area (Å²) < 4.78 is 1.48. The Bertz CT molecular complexity index is 700. The summed E-state index contributed by atoms with van der Waals surface area (Å²) in [5.74, 6) is 0. The topological polar surface area (TPSA) is 90.9 Å². The lowest BCUT2D eigenvalue weighted by atomic mass is 10.2. The maximum absolute atomic E-state index is 12.0. The number of hydrogen-bond donors (Lipinski definition) is 3. The van der Waals surface area contributed by atoms with Gasteiger partial charge in [-0.05, 0) is 52.3 Å². The molecule has 0 atom stereocenters. The molecule has 2 aromatic rings. The normalized spacial score (nSPS) is 9.76. The number of anilines is 3. The standard InChI is InChI=1S/C14H10Br2N4O/c15-9-5-11(16)13(12(18)6-9)20-14(21)19-10-3-1-8(7-17)2-4-10/h1-6H,18H2,(H2,19,20,21). The summed E-state index contributed by atoms with van der Waals surface area (Å²) in [5, 5.41) is 14.1. The number of nitriles is 1. The SMILES string of the molecule is N#Cc1ccc(NC(=O)Nc2c(N)cc(Br)cc2Br)cc1. The highest BCUT2D eigenvalue weighted by molar-refractivity contribution is 9.11. The van der Waals surface area contributed by atoms with E-state index in [0.29, 0.717) is 27.1 Å². The minimum absolute atomic E-state index is 0.422. The second-order valence-electron chi connectivity index (χ2n) is 4.12. The van der Waals surface area contributed by atoms with Crippen molar-refractivity contribution in [1.29, 1.82) is 5.26 Å². The Morgan fingerprint density at radius 3 is 2.38 bits per heavy atom. The van der Waals surface area contributed by atoms with Crippen molar-refractivity contribution < 1.29 is 4.79 Å². The summed E-state index contributed by atoms with van der Waals surface area (Å²) in [6.07, 6.45) is 0. The van der Waals surface area contributed by atoms with Crippen LogP contribution in [-0.4, -0.2) is 6.03 Å². The molecule has 0 aromatic heterocycles. The van der Waals surface area contributed by atoms with Crippen molar-refractivity contribution in [3.05, 3.63) is 50.9 Å². The summed E-state index contributed by atoms with van der Waals surface area (Å²) in [7, 11) is 0. The maximum Gasteiger partial charge on any atom is 0.323 e. The average molecular weight is 410 g/mol. The molecule has 0 unspecified atom stereocenters. The van der Waals surface area contributed by atoms with Gasteiger partial charge in [0.15, 0.2) is 0 Å². The van der Waals surface area contributed by atoms with Gasteiger partial charge in [0, 0.05) is 14.6 Å². The highest BCUT2D eigenvalue weighted by atomic mass is 79.9. The Kier molecular flexibility index (Phi) is 4.83.